The first kappa shape index (κ1) is 10.1. The van der Waals surface area contributed by atoms with Gasteiger partial charge in [-0.25, -0.2) is 0 Å². The van der Waals surface area contributed by atoms with Crippen LogP contribution < -0.4 is 10.5 Å². The van der Waals surface area contributed by atoms with Crippen molar-refractivity contribution in [3.8, 4) is 5.75 Å². The topological polar surface area (TPSA) is 35.2 Å². The normalized spacial score (nSPS) is 12.6. The molecule has 0 amide bonds. The second-order valence-corrected chi connectivity index (χ2v) is 3.44. The molecule has 0 bridgehead atoms. The summed E-state index contributed by atoms with van der Waals surface area (Å²) in [6.07, 6.45) is 0.871. The number of nitrogens with two attached hydrogens (primary N) is 1. The Morgan fingerprint density at radius 3 is 2.69 bits per heavy atom. The van der Waals surface area contributed by atoms with Crippen LogP contribution in [-0.4, -0.2) is 13.2 Å². The SMILES string of the molecule is COc1cccc(C)c1CC(C)N. The second-order valence-electron chi connectivity index (χ2n) is 3.44. The molecule has 2 N–H and O–H groups in total. The highest BCUT2D eigenvalue weighted by Crippen LogP contribution is 2.22. The summed E-state index contributed by atoms with van der Waals surface area (Å²) in [7, 11) is 1.69. The predicted octanol–water partition coefficient (Wildman–Crippen LogP) is 1.89. The van der Waals surface area contributed by atoms with Gasteiger partial charge in [0.05, 0.1) is 7.11 Å². The third-order valence-electron chi connectivity index (χ3n) is 2.11. The van der Waals surface area contributed by atoms with E-state index in [1.165, 1.54) is 11.1 Å². The molecule has 13 heavy (non-hydrogen) atoms. The fourth-order valence-corrected chi connectivity index (χ4v) is 1.45. The summed E-state index contributed by atoms with van der Waals surface area (Å²) in [6.45, 7) is 4.09. The van der Waals surface area contributed by atoms with Crippen LogP contribution in [-0.2, 0) is 6.42 Å². The molecule has 0 radical (unpaired) electrons. The number of hydrogen-bond donors (Lipinski definition) is 1. The molecule has 0 heterocycles. The highest BCUT2D eigenvalue weighted by Gasteiger charge is 2.07. The average molecular weight is 179 g/mol. The zero-order chi connectivity index (χ0) is 9.84. The zero-order valence-electron chi connectivity index (χ0n) is 8.50. The van der Waals surface area contributed by atoms with Gasteiger partial charge in [-0.15, -0.1) is 0 Å². The molecule has 72 valence electrons. The van der Waals surface area contributed by atoms with Crippen molar-refractivity contribution >= 4 is 0 Å². The summed E-state index contributed by atoms with van der Waals surface area (Å²) < 4.78 is 5.27. The van der Waals surface area contributed by atoms with E-state index >= 15 is 0 Å². The maximum Gasteiger partial charge on any atom is 0.122 e. The van der Waals surface area contributed by atoms with Gasteiger partial charge in [-0.2, -0.15) is 0 Å². The van der Waals surface area contributed by atoms with Crippen molar-refractivity contribution in [1.82, 2.24) is 0 Å². The molecule has 0 aliphatic rings. The van der Waals surface area contributed by atoms with Gasteiger partial charge in [0.15, 0.2) is 0 Å². The van der Waals surface area contributed by atoms with Gasteiger partial charge in [-0.1, -0.05) is 12.1 Å². The largest absolute Gasteiger partial charge is 0.496 e. The van der Waals surface area contributed by atoms with Crippen molar-refractivity contribution in [2.24, 2.45) is 5.73 Å². The molecule has 0 aromatic heterocycles. The van der Waals surface area contributed by atoms with Crippen molar-refractivity contribution in [3.63, 3.8) is 0 Å². The smallest absolute Gasteiger partial charge is 0.122 e. The highest BCUT2D eigenvalue weighted by atomic mass is 16.5. The van der Waals surface area contributed by atoms with E-state index in [1.807, 2.05) is 19.1 Å². The highest BCUT2D eigenvalue weighted by molar-refractivity contribution is 5.40. The third kappa shape index (κ3) is 2.46. The Kier molecular flexibility index (Phi) is 3.32. The Bertz CT molecular complexity index is 281. The number of benzene rings is 1. The summed E-state index contributed by atoms with van der Waals surface area (Å²) in [5.41, 5.74) is 8.23. The first-order chi connectivity index (χ1) is 6.15. The molecule has 2 nitrogen and oxygen atoms in total. The van der Waals surface area contributed by atoms with E-state index < -0.39 is 0 Å². The zero-order valence-corrected chi connectivity index (χ0v) is 8.50. The fourth-order valence-electron chi connectivity index (χ4n) is 1.45. The molecular formula is C11H17NO. The van der Waals surface area contributed by atoms with Gasteiger partial charge in [-0.3, -0.25) is 0 Å². The quantitative estimate of drug-likeness (QED) is 0.769. The summed E-state index contributed by atoms with van der Waals surface area (Å²) in [5, 5.41) is 0. The minimum atomic E-state index is 0.176. The summed E-state index contributed by atoms with van der Waals surface area (Å²) in [4.78, 5) is 0. The van der Waals surface area contributed by atoms with E-state index in [2.05, 4.69) is 13.0 Å². The van der Waals surface area contributed by atoms with Gasteiger partial charge in [0.2, 0.25) is 0 Å². The van der Waals surface area contributed by atoms with Crippen molar-refractivity contribution in [2.45, 2.75) is 26.3 Å². The van der Waals surface area contributed by atoms with E-state index in [1.54, 1.807) is 7.11 Å². The summed E-state index contributed by atoms with van der Waals surface area (Å²) >= 11 is 0. The maximum absolute atomic E-state index is 5.76. The lowest BCUT2D eigenvalue weighted by Gasteiger charge is -2.13. The van der Waals surface area contributed by atoms with Crippen molar-refractivity contribution in [2.75, 3.05) is 7.11 Å². The van der Waals surface area contributed by atoms with E-state index in [4.69, 9.17) is 10.5 Å². The molecule has 1 rings (SSSR count). The first-order valence-electron chi connectivity index (χ1n) is 4.53. The van der Waals surface area contributed by atoms with E-state index in [0.29, 0.717) is 0 Å². The molecule has 0 spiro atoms. The van der Waals surface area contributed by atoms with Crippen LogP contribution in [0.2, 0.25) is 0 Å². The molecule has 1 atom stereocenters. The minimum absolute atomic E-state index is 0.176. The number of hydrogen-bond acceptors (Lipinski definition) is 2. The molecule has 2 heteroatoms. The molecule has 1 unspecified atom stereocenters. The molecule has 0 aliphatic carbocycles. The van der Waals surface area contributed by atoms with Gasteiger partial charge in [0.25, 0.3) is 0 Å². The fraction of sp³-hybridized carbons (Fsp3) is 0.455. The second kappa shape index (κ2) is 4.28. The van der Waals surface area contributed by atoms with E-state index in [9.17, 15) is 0 Å². The standard InChI is InChI=1S/C11H17NO/c1-8-5-4-6-11(13-3)10(8)7-9(2)12/h4-6,9H,7,12H2,1-3H3. The number of rotatable bonds is 3. The summed E-state index contributed by atoms with van der Waals surface area (Å²) in [6, 6.07) is 6.24. The molecular weight excluding hydrogens is 162 g/mol. The van der Waals surface area contributed by atoms with Gasteiger partial charge in [-0.05, 0) is 37.5 Å². The van der Waals surface area contributed by atoms with E-state index in [-0.39, 0.29) is 6.04 Å². The van der Waals surface area contributed by atoms with Crippen LogP contribution in [0.4, 0.5) is 0 Å². The molecule has 0 saturated carbocycles. The Balaban J connectivity index is 3.00. The Labute approximate surface area is 79.7 Å². The van der Waals surface area contributed by atoms with E-state index in [0.717, 1.165) is 12.2 Å². The van der Waals surface area contributed by atoms with Crippen molar-refractivity contribution < 1.29 is 4.74 Å². The van der Waals surface area contributed by atoms with Crippen LogP contribution in [0, 0.1) is 6.92 Å². The first-order valence-corrected chi connectivity index (χ1v) is 4.53. The minimum Gasteiger partial charge on any atom is -0.496 e. The molecule has 1 aromatic rings. The monoisotopic (exact) mass is 179 g/mol. The number of aryl methyl sites for hydroxylation is 1. The van der Waals surface area contributed by atoms with Crippen LogP contribution in [0.1, 0.15) is 18.1 Å². The molecule has 1 aromatic carbocycles. The lowest BCUT2D eigenvalue weighted by molar-refractivity contribution is 0.408. The third-order valence-corrected chi connectivity index (χ3v) is 2.11. The maximum atomic E-state index is 5.76. The number of methoxy groups -OCH3 is 1. The van der Waals surface area contributed by atoms with Gasteiger partial charge >= 0.3 is 0 Å². The predicted molar refractivity (Wildman–Crippen MR) is 55.1 cm³/mol. The molecule has 0 fully saturated rings. The van der Waals surface area contributed by atoms with Crippen LogP contribution in [0.5, 0.6) is 5.75 Å². The van der Waals surface area contributed by atoms with Crippen LogP contribution >= 0.6 is 0 Å². The Hall–Kier alpha value is -1.02. The molecule has 0 saturated heterocycles. The van der Waals surface area contributed by atoms with Crippen LogP contribution in [0.3, 0.4) is 0 Å². The van der Waals surface area contributed by atoms with Gasteiger partial charge in [0.1, 0.15) is 5.75 Å². The Morgan fingerprint density at radius 2 is 2.15 bits per heavy atom. The molecule has 0 aliphatic heterocycles. The number of ether oxygens (including phenoxy) is 1. The van der Waals surface area contributed by atoms with Gasteiger partial charge < -0.3 is 10.5 Å². The lowest BCUT2D eigenvalue weighted by atomic mass is 10.0. The lowest BCUT2D eigenvalue weighted by Crippen LogP contribution is -2.18. The van der Waals surface area contributed by atoms with Crippen molar-refractivity contribution in [1.29, 1.82) is 0 Å². The van der Waals surface area contributed by atoms with Gasteiger partial charge in [0, 0.05) is 6.04 Å². The van der Waals surface area contributed by atoms with Crippen LogP contribution in [0.15, 0.2) is 18.2 Å². The Morgan fingerprint density at radius 1 is 1.46 bits per heavy atom. The average Bonchev–Trinajstić information content (AvgIpc) is 2.08. The van der Waals surface area contributed by atoms with Crippen LogP contribution in [0.25, 0.3) is 0 Å². The summed E-state index contributed by atoms with van der Waals surface area (Å²) in [5.74, 6) is 0.942. The van der Waals surface area contributed by atoms with Crippen molar-refractivity contribution in [3.05, 3.63) is 29.3 Å².